The first-order valence-corrected chi connectivity index (χ1v) is 6.59. The molecule has 4 heteroatoms. The molecule has 19 heavy (non-hydrogen) atoms. The van der Waals surface area contributed by atoms with Gasteiger partial charge in [0.2, 0.25) is 0 Å². The number of benzene rings is 1. The summed E-state index contributed by atoms with van der Waals surface area (Å²) in [4.78, 5) is 12.2. The minimum absolute atomic E-state index is 0.0574. The third-order valence-corrected chi connectivity index (χ3v) is 3.22. The van der Waals surface area contributed by atoms with Gasteiger partial charge in [0.1, 0.15) is 11.4 Å². The predicted octanol–water partition coefficient (Wildman–Crippen LogP) is 2.04. The molecule has 2 atom stereocenters. The Bertz CT molecular complexity index is 465. The molecule has 1 aliphatic rings. The van der Waals surface area contributed by atoms with Gasteiger partial charge in [-0.05, 0) is 38.5 Å². The van der Waals surface area contributed by atoms with E-state index in [-0.39, 0.29) is 23.6 Å². The van der Waals surface area contributed by atoms with Gasteiger partial charge in [-0.3, -0.25) is 4.79 Å². The topological polar surface area (TPSA) is 58.6 Å². The summed E-state index contributed by atoms with van der Waals surface area (Å²) in [5.74, 6) is -0.0823. The molecule has 0 radical (unpaired) electrons. The molecule has 2 unspecified atom stereocenters. The van der Waals surface area contributed by atoms with Crippen molar-refractivity contribution in [2.45, 2.75) is 32.3 Å². The molecule has 0 amide bonds. The third kappa shape index (κ3) is 3.47. The quantitative estimate of drug-likeness (QED) is 0.802. The number of esters is 1. The van der Waals surface area contributed by atoms with Crippen molar-refractivity contribution >= 4 is 5.97 Å². The lowest BCUT2D eigenvalue weighted by Gasteiger charge is -2.24. The molecule has 2 N–H and O–H groups in total. The normalized spacial score (nSPS) is 23.3. The van der Waals surface area contributed by atoms with Crippen LogP contribution in [0.1, 0.15) is 32.3 Å². The Balaban J connectivity index is 2.15. The maximum atomic E-state index is 12.2. The van der Waals surface area contributed by atoms with Gasteiger partial charge in [0.15, 0.2) is 0 Å². The number of hydrogen-bond acceptors (Lipinski definition) is 4. The number of nitrogens with one attached hydrogen (secondary N) is 1. The van der Waals surface area contributed by atoms with E-state index in [0.29, 0.717) is 6.54 Å². The van der Waals surface area contributed by atoms with Gasteiger partial charge in [0.25, 0.3) is 0 Å². The first kappa shape index (κ1) is 13.9. The number of rotatable bonds is 2. The zero-order chi connectivity index (χ0) is 14.0. The molecule has 0 aliphatic carbocycles. The highest BCUT2D eigenvalue weighted by atomic mass is 16.6. The van der Waals surface area contributed by atoms with Crippen LogP contribution in [0, 0.1) is 5.92 Å². The summed E-state index contributed by atoms with van der Waals surface area (Å²) in [6, 6.07) is 7.09. The summed E-state index contributed by atoms with van der Waals surface area (Å²) in [5.41, 5.74) is 0.504. The maximum Gasteiger partial charge on any atom is 0.311 e. The minimum atomic E-state index is -0.469. The van der Waals surface area contributed by atoms with E-state index in [1.165, 1.54) is 0 Å². The van der Waals surface area contributed by atoms with Crippen molar-refractivity contribution in [1.29, 1.82) is 0 Å². The lowest BCUT2D eigenvalue weighted by molar-refractivity contribution is -0.159. The second-order valence-electron chi connectivity index (χ2n) is 6.00. The van der Waals surface area contributed by atoms with Crippen LogP contribution < -0.4 is 5.32 Å². The SMILES string of the molecule is CC(C)(C)OC(=O)C1CNCC1c1cccc(O)c1. The molecule has 1 saturated heterocycles. The first-order valence-electron chi connectivity index (χ1n) is 6.59. The summed E-state index contributed by atoms with van der Waals surface area (Å²) in [6.07, 6.45) is 0. The lowest BCUT2D eigenvalue weighted by atomic mass is 9.89. The highest BCUT2D eigenvalue weighted by Gasteiger charge is 2.36. The number of aromatic hydroxyl groups is 1. The van der Waals surface area contributed by atoms with Gasteiger partial charge >= 0.3 is 5.97 Å². The Morgan fingerprint density at radius 3 is 2.74 bits per heavy atom. The Labute approximate surface area is 113 Å². The van der Waals surface area contributed by atoms with Crippen LogP contribution in [0.4, 0.5) is 0 Å². The maximum absolute atomic E-state index is 12.2. The summed E-state index contributed by atoms with van der Waals surface area (Å²) in [7, 11) is 0. The number of hydrogen-bond donors (Lipinski definition) is 2. The summed E-state index contributed by atoms with van der Waals surface area (Å²) < 4.78 is 5.46. The number of carbonyl (C=O) groups excluding carboxylic acids is 1. The van der Waals surface area contributed by atoms with Gasteiger partial charge in [-0.2, -0.15) is 0 Å². The molecule has 1 heterocycles. The molecule has 4 nitrogen and oxygen atoms in total. The van der Waals surface area contributed by atoms with Crippen LogP contribution in [-0.2, 0) is 9.53 Å². The molecule has 2 rings (SSSR count). The molecule has 1 aliphatic heterocycles. The van der Waals surface area contributed by atoms with Crippen molar-refractivity contribution in [1.82, 2.24) is 5.32 Å². The van der Waals surface area contributed by atoms with Crippen LogP contribution in [-0.4, -0.2) is 29.8 Å². The number of carbonyl (C=O) groups is 1. The van der Waals surface area contributed by atoms with Crippen molar-refractivity contribution < 1.29 is 14.6 Å². The Kier molecular flexibility index (Phi) is 3.80. The molecule has 1 aromatic rings. The second-order valence-corrected chi connectivity index (χ2v) is 6.00. The molecule has 104 valence electrons. The number of phenols is 1. The third-order valence-electron chi connectivity index (χ3n) is 3.22. The van der Waals surface area contributed by atoms with Gasteiger partial charge in [-0.15, -0.1) is 0 Å². The fourth-order valence-corrected chi connectivity index (χ4v) is 2.41. The molecular formula is C15H21NO3. The van der Waals surface area contributed by atoms with E-state index >= 15 is 0 Å². The van der Waals surface area contributed by atoms with E-state index in [2.05, 4.69) is 5.32 Å². The summed E-state index contributed by atoms with van der Waals surface area (Å²) >= 11 is 0. The molecular weight excluding hydrogens is 242 g/mol. The average Bonchev–Trinajstić information content (AvgIpc) is 2.75. The van der Waals surface area contributed by atoms with Crippen LogP contribution in [0.25, 0.3) is 0 Å². The van der Waals surface area contributed by atoms with Gasteiger partial charge in [-0.1, -0.05) is 12.1 Å². The molecule has 0 saturated carbocycles. The van der Waals surface area contributed by atoms with Gasteiger partial charge < -0.3 is 15.2 Å². The fourth-order valence-electron chi connectivity index (χ4n) is 2.41. The van der Waals surface area contributed by atoms with Gasteiger partial charge in [0.05, 0.1) is 5.92 Å². The minimum Gasteiger partial charge on any atom is -0.508 e. The van der Waals surface area contributed by atoms with Gasteiger partial charge in [-0.25, -0.2) is 0 Å². The van der Waals surface area contributed by atoms with E-state index in [1.807, 2.05) is 26.8 Å². The number of phenolic OH excluding ortho intramolecular Hbond substituents is 1. The van der Waals surface area contributed by atoms with E-state index < -0.39 is 5.60 Å². The molecule has 0 bridgehead atoms. The van der Waals surface area contributed by atoms with Crippen molar-refractivity contribution in [3.05, 3.63) is 29.8 Å². The Morgan fingerprint density at radius 1 is 1.37 bits per heavy atom. The molecule has 1 fully saturated rings. The zero-order valence-electron chi connectivity index (χ0n) is 11.6. The standard InChI is InChI=1S/C15H21NO3/c1-15(2,3)19-14(18)13-9-16-8-12(13)10-5-4-6-11(17)7-10/h4-7,12-13,16-17H,8-9H2,1-3H3. The van der Waals surface area contributed by atoms with Crippen LogP contribution in [0.15, 0.2) is 24.3 Å². The molecule has 1 aromatic carbocycles. The smallest absolute Gasteiger partial charge is 0.311 e. The Hall–Kier alpha value is -1.55. The molecule has 0 aromatic heterocycles. The lowest BCUT2D eigenvalue weighted by Crippen LogP contribution is -2.31. The predicted molar refractivity (Wildman–Crippen MR) is 73.1 cm³/mol. The van der Waals surface area contributed by atoms with Crippen LogP contribution in [0.2, 0.25) is 0 Å². The van der Waals surface area contributed by atoms with E-state index in [1.54, 1.807) is 18.2 Å². The first-order chi connectivity index (χ1) is 8.87. The van der Waals surface area contributed by atoms with Crippen molar-refractivity contribution in [3.63, 3.8) is 0 Å². The van der Waals surface area contributed by atoms with Crippen molar-refractivity contribution in [2.75, 3.05) is 13.1 Å². The monoisotopic (exact) mass is 263 g/mol. The van der Waals surface area contributed by atoms with E-state index in [4.69, 9.17) is 4.74 Å². The second kappa shape index (κ2) is 5.21. The molecule has 0 spiro atoms. The fraction of sp³-hybridized carbons (Fsp3) is 0.533. The van der Waals surface area contributed by atoms with Gasteiger partial charge in [0, 0.05) is 19.0 Å². The summed E-state index contributed by atoms with van der Waals surface area (Å²) in [6.45, 7) is 6.96. The largest absolute Gasteiger partial charge is 0.508 e. The van der Waals surface area contributed by atoms with Crippen LogP contribution in [0.5, 0.6) is 5.75 Å². The van der Waals surface area contributed by atoms with Crippen LogP contribution in [0.3, 0.4) is 0 Å². The zero-order valence-corrected chi connectivity index (χ0v) is 11.6. The van der Waals surface area contributed by atoms with Crippen molar-refractivity contribution in [2.24, 2.45) is 5.92 Å². The van der Waals surface area contributed by atoms with Crippen molar-refractivity contribution in [3.8, 4) is 5.75 Å². The van der Waals surface area contributed by atoms with E-state index in [9.17, 15) is 9.90 Å². The van der Waals surface area contributed by atoms with Crippen LogP contribution >= 0.6 is 0 Å². The Morgan fingerprint density at radius 2 is 2.11 bits per heavy atom. The highest BCUT2D eigenvalue weighted by molar-refractivity contribution is 5.75. The van der Waals surface area contributed by atoms with E-state index in [0.717, 1.165) is 12.1 Å². The summed E-state index contributed by atoms with van der Waals surface area (Å²) in [5, 5.41) is 12.8. The highest BCUT2D eigenvalue weighted by Crippen LogP contribution is 2.31. The average molecular weight is 263 g/mol. The number of ether oxygens (including phenoxy) is 1.